The van der Waals surface area contributed by atoms with Crippen LogP contribution in [0.2, 0.25) is 0 Å². The Morgan fingerprint density at radius 1 is 1.43 bits per heavy atom. The lowest BCUT2D eigenvalue weighted by Crippen LogP contribution is -2.16. The van der Waals surface area contributed by atoms with Crippen LogP contribution in [0.1, 0.15) is 22.7 Å². The highest BCUT2D eigenvalue weighted by atomic mass is 16.5. The summed E-state index contributed by atoms with van der Waals surface area (Å²) in [4.78, 5) is 0. The zero-order valence-corrected chi connectivity index (χ0v) is 7.73. The molecule has 0 aliphatic carbocycles. The molecule has 4 heteroatoms. The van der Waals surface area contributed by atoms with E-state index >= 15 is 0 Å². The molecular weight excluding hydrogens is 182 g/mol. The van der Waals surface area contributed by atoms with Gasteiger partial charge in [-0.15, -0.1) is 0 Å². The fraction of sp³-hybridized carbons (Fsp3) is 0.400. The van der Waals surface area contributed by atoms with Crippen LogP contribution >= 0.6 is 0 Å². The minimum absolute atomic E-state index is 0.135. The van der Waals surface area contributed by atoms with Crippen LogP contribution < -0.4 is 5.73 Å². The molecule has 0 bridgehead atoms. The number of aromatic hydroxyl groups is 1. The fourth-order valence-corrected chi connectivity index (χ4v) is 1.77. The number of phenolic OH excluding ortho intramolecular Hbond substituents is 1. The van der Waals surface area contributed by atoms with E-state index in [-0.39, 0.29) is 12.4 Å². The third-order valence-corrected chi connectivity index (χ3v) is 2.50. The van der Waals surface area contributed by atoms with E-state index in [4.69, 9.17) is 15.6 Å². The second-order valence-corrected chi connectivity index (χ2v) is 3.42. The number of aliphatic hydroxyl groups is 1. The molecule has 1 aromatic carbocycles. The van der Waals surface area contributed by atoms with Crippen molar-refractivity contribution >= 4 is 0 Å². The Hall–Kier alpha value is -1.10. The van der Waals surface area contributed by atoms with Crippen LogP contribution in [0.4, 0.5) is 0 Å². The van der Waals surface area contributed by atoms with E-state index in [1.807, 2.05) is 6.07 Å². The van der Waals surface area contributed by atoms with Crippen molar-refractivity contribution in [2.24, 2.45) is 5.73 Å². The second kappa shape index (κ2) is 3.57. The smallest absolute Gasteiger partial charge is 0.120 e. The number of ether oxygens (including phenoxy) is 1. The van der Waals surface area contributed by atoms with Crippen molar-refractivity contribution in [2.45, 2.75) is 19.3 Å². The number of benzene rings is 1. The first kappa shape index (κ1) is 9.45. The third kappa shape index (κ3) is 1.37. The molecule has 0 spiro atoms. The van der Waals surface area contributed by atoms with E-state index in [2.05, 4.69) is 0 Å². The van der Waals surface area contributed by atoms with Crippen molar-refractivity contribution in [1.82, 2.24) is 0 Å². The molecule has 1 aliphatic heterocycles. The standard InChI is InChI=1S/C10H13NO3/c11-8(3-12)10-7-5-14-4-6(7)1-2-9(10)13/h1-2,8,12-13H,3-5,11H2. The first-order chi connectivity index (χ1) is 6.74. The summed E-state index contributed by atoms with van der Waals surface area (Å²) in [6.45, 7) is 0.845. The Morgan fingerprint density at radius 3 is 2.93 bits per heavy atom. The summed E-state index contributed by atoms with van der Waals surface area (Å²) in [5, 5.41) is 18.6. The molecule has 0 radical (unpaired) electrons. The molecule has 2 rings (SSSR count). The SMILES string of the molecule is NC(CO)c1c(O)ccc2c1COC2. The molecule has 4 nitrogen and oxygen atoms in total. The number of aliphatic hydroxyl groups excluding tert-OH is 1. The van der Waals surface area contributed by atoms with Gasteiger partial charge in [-0.05, 0) is 17.2 Å². The van der Waals surface area contributed by atoms with Crippen molar-refractivity contribution in [3.05, 3.63) is 28.8 Å². The van der Waals surface area contributed by atoms with Gasteiger partial charge in [0.15, 0.2) is 0 Å². The maximum atomic E-state index is 9.63. The second-order valence-electron chi connectivity index (χ2n) is 3.42. The summed E-state index contributed by atoms with van der Waals surface area (Å²) < 4.78 is 5.26. The molecule has 1 aliphatic rings. The van der Waals surface area contributed by atoms with E-state index in [9.17, 15) is 5.11 Å². The molecule has 76 valence electrons. The van der Waals surface area contributed by atoms with Crippen LogP contribution in [0.3, 0.4) is 0 Å². The lowest BCUT2D eigenvalue weighted by Gasteiger charge is -2.14. The number of fused-ring (bicyclic) bond motifs is 1. The van der Waals surface area contributed by atoms with Crippen LogP contribution in [-0.4, -0.2) is 16.8 Å². The normalized spacial score (nSPS) is 16.7. The van der Waals surface area contributed by atoms with E-state index < -0.39 is 6.04 Å². The molecule has 0 aromatic heterocycles. The molecule has 1 unspecified atom stereocenters. The summed E-state index contributed by atoms with van der Waals surface area (Å²) in [5.41, 5.74) is 8.28. The zero-order chi connectivity index (χ0) is 10.1. The molecule has 0 saturated heterocycles. The summed E-state index contributed by atoms with van der Waals surface area (Å²) in [6, 6.07) is 2.88. The predicted molar refractivity (Wildman–Crippen MR) is 50.6 cm³/mol. The van der Waals surface area contributed by atoms with Crippen LogP contribution in [0.25, 0.3) is 0 Å². The Labute approximate surface area is 81.9 Å². The van der Waals surface area contributed by atoms with Gasteiger partial charge in [-0.25, -0.2) is 0 Å². The van der Waals surface area contributed by atoms with Gasteiger partial charge in [-0.2, -0.15) is 0 Å². The molecule has 4 N–H and O–H groups in total. The quantitative estimate of drug-likeness (QED) is 0.639. The van der Waals surface area contributed by atoms with Gasteiger partial charge in [0.1, 0.15) is 5.75 Å². The summed E-state index contributed by atoms with van der Waals surface area (Å²) >= 11 is 0. The van der Waals surface area contributed by atoms with E-state index in [0.717, 1.165) is 11.1 Å². The maximum absolute atomic E-state index is 9.63. The summed E-state index contributed by atoms with van der Waals surface area (Å²) in [6.07, 6.45) is 0. The van der Waals surface area contributed by atoms with Crippen LogP contribution in [0, 0.1) is 0 Å². The number of phenols is 1. The fourth-order valence-electron chi connectivity index (χ4n) is 1.77. The molecule has 1 heterocycles. The van der Waals surface area contributed by atoms with Crippen molar-refractivity contribution in [1.29, 1.82) is 0 Å². The number of nitrogens with two attached hydrogens (primary N) is 1. The third-order valence-electron chi connectivity index (χ3n) is 2.50. The molecule has 0 fully saturated rings. The van der Waals surface area contributed by atoms with Gasteiger partial charge in [0.25, 0.3) is 0 Å². The molecule has 0 amide bonds. The first-order valence-electron chi connectivity index (χ1n) is 4.52. The molecule has 1 atom stereocenters. The van der Waals surface area contributed by atoms with Crippen LogP contribution in [0.15, 0.2) is 12.1 Å². The van der Waals surface area contributed by atoms with Crippen LogP contribution in [-0.2, 0) is 18.0 Å². The van der Waals surface area contributed by atoms with E-state index in [0.29, 0.717) is 18.8 Å². The van der Waals surface area contributed by atoms with Gasteiger partial charge in [0.2, 0.25) is 0 Å². The Kier molecular flexibility index (Phi) is 2.41. The van der Waals surface area contributed by atoms with Gasteiger partial charge in [-0.3, -0.25) is 0 Å². The van der Waals surface area contributed by atoms with Crippen molar-refractivity contribution in [3.63, 3.8) is 0 Å². The largest absolute Gasteiger partial charge is 0.508 e. The van der Waals surface area contributed by atoms with Crippen molar-refractivity contribution in [3.8, 4) is 5.75 Å². The zero-order valence-electron chi connectivity index (χ0n) is 7.73. The van der Waals surface area contributed by atoms with Crippen LogP contribution in [0.5, 0.6) is 5.75 Å². The predicted octanol–water partition coefficient (Wildman–Crippen LogP) is 0.415. The molecule has 14 heavy (non-hydrogen) atoms. The summed E-state index contributed by atoms with van der Waals surface area (Å²) in [7, 11) is 0. The maximum Gasteiger partial charge on any atom is 0.120 e. The minimum Gasteiger partial charge on any atom is -0.508 e. The number of hydrogen-bond donors (Lipinski definition) is 3. The minimum atomic E-state index is -0.536. The highest BCUT2D eigenvalue weighted by Gasteiger charge is 2.21. The van der Waals surface area contributed by atoms with Gasteiger partial charge in [0, 0.05) is 5.56 Å². The Bertz CT molecular complexity index is 351. The molecule has 0 saturated carbocycles. The summed E-state index contributed by atoms with van der Waals surface area (Å²) in [5.74, 6) is 0.135. The Balaban J connectivity index is 2.51. The monoisotopic (exact) mass is 195 g/mol. The molecular formula is C10H13NO3. The highest BCUT2D eigenvalue weighted by molar-refractivity contribution is 5.47. The van der Waals surface area contributed by atoms with Gasteiger partial charge >= 0.3 is 0 Å². The lowest BCUT2D eigenvalue weighted by atomic mass is 9.97. The van der Waals surface area contributed by atoms with Crippen molar-refractivity contribution < 1.29 is 14.9 Å². The average Bonchev–Trinajstić information content (AvgIpc) is 2.64. The van der Waals surface area contributed by atoms with E-state index in [1.165, 1.54) is 0 Å². The number of rotatable bonds is 2. The Morgan fingerprint density at radius 2 is 2.21 bits per heavy atom. The van der Waals surface area contributed by atoms with Gasteiger partial charge in [-0.1, -0.05) is 6.07 Å². The highest BCUT2D eigenvalue weighted by Crippen LogP contribution is 2.33. The molecule has 1 aromatic rings. The number of hydrogen-bond acceptors (Lipinski definition) is 4. The van der Waals surface area contributed by atoms with Gasteiger partial charge in [0.05, 0.1) is 25.9 Å². The van der Waals surface area contributed by atoms with Crippen molar-refractivity contribution in [2.75, 3.05) is 6.61 Å². The van der Waals surface area contributed by atoms with E-state index in [1.54, 1.807) is 6.07 Å². The lowest BCUT2D eigenvalue weighted by molar-refractivity contribution is 0.133. The topological polar surface area (TPSA) is 75.7 Å². The first-order valence-corrected chi connectivity index (χ1v) is 4.52. The van der Waals surface area contributed by atoms with Gasteiger partial charge < -0.3 is 20.7 Å². The average molecular weight is 195 g/mol.